The normalized spacial score (nSPS) is 37.5. The highest BCUT2D eigenvalue weighted by molar-refractivity contribution is 5.22. The van der Waals surface area contributed by atoms with Gasteiger partial charge in [0.25, 0.3) is 0 Å². The van der Waals surface area contributed by atoms with E-state index in [1.165, 1.54) is 19.3 Å². The molecule has 0 nitrogen and oxygen atoms in total. The third kappa shape index (κ3) is 0.920. The second-order valence-electron chi connectivity index (χ2n) is 3.61. The molecule has 2 aliphatic carbocycles. The van der Waals surface area contributed by atoms with E-state index in [2.05, 4.69) is 25.2 Å². The van der Waals surface area contributed by atoms with Crippen molar-refractivity contribution in [2.24, 2.45) is 11.8 Å². The largest absolute Gasteiger partial charge is 0.0843 e. The summed E-state index contributed by atoms with van der Waals surface area (Å²) < 4.78 is 0. The van der Waals surface area contributed by atoms with E-state index in [0.29, 0.717) is 0 Å². The summed E-state index contributed by atoms with van der Waals surface area (Å²) >= 11 is 0. The summed E-state index contributed by atoms with van der Waals surface area (Å²) in [6, 6.07) is 0. The van der Waals surface area contributed by atoms with Gasteiger partial charge in [-0.15, -0.1) is 0 Å². The molecule has 0 saturated heterocycles. The van der Waals surface area contributed by atoms with E-state index in [0.717, 1.165) is 11.8 Å². The van der Waals surface area contributed by atoms with Gasteiger partial charge in [-0.25, -0.2) is 0 Å². The van der Waals surface area contributed by atoms with Gasteiger partial charge in [-0.1, -0.05) is 30.7 Å². The molecule has 0 aromatic rings. The Hall–Kier alpha value is -0.520. The SMILES string of the molecule is CC1CC2CC=CC=C1C2. The van der Waals surface area contributed by atoms with Crippen molar-refractivity contribution in [1.29, 1.82) is 0 Å². The third-order valence-corrected chi connectivity index (χ3v) is 2.76. The van der Waals surface area contributed by atoms with Crippen molar-refractivity contribution in [3.05, 3.63) is 23.8 Å². The van der Waals surface area contributed by atoms with Crippen molar-refractivity contribution in [3.63, 3.8) is 0 Å². The van der Waals surface area contributed by atoms with Gasteiger partial charge in [0.15, 0.2) is 0 Å². The van der Waals surface area contributed by atoms with Crippen LogP contribution in [0.5, 0.6) is 0 Å². The van der Waals surface area contributed by atoms with E-state index in [9.17, 15) is 0 Å². The molecule has 1 fully saturated rings. The maximum Gasteiger partial charge on any atom is -0.0226 e. The highest BCUT2D eigenvalue weighted by Crippen LogP contribution is 2.38. The van der Waals surface area contributed by atoms with Gasteiger partial charge in [-0.05, 0) is 31.1 Å². The Labute approximate surface area is 62.6 Å². The number of hydrogen-bond donors (Lipinski definition) is 0. The molecule has 1 saturated carbocycles. The van der Waals surface area contributed by atoms with Crippen molar-refractivity contribution in [2.45, 2.75) is 26.2 Å². The minimum Gasteiger partial charge on any atom is -0.0843 e. The Bertz CT molecular complexity index is 186. The Morgan fingerprint density at radius 1 is 1.50 bits per heavy atom. The first-order valence-corrected chi connectivity index (χ1v) is 4.22. The number of rotatable bonds is 0. The Morgan fingerprint density at radius 2 is 2.40 bits per heavy atom. The monoisotopic (exact) mass is 134 g/mol. The summed E-state index contributed by atoms with van der Waals surface area (Å²) in [6.45, 7) is 2.35. The summed E-state index contributed by atoms with van der Waals surface area (Å²) in [5.41, 5.74) is 1.68. The first-order chi connectivity index (χ1) is 4.86. The van der Waals surface area contributed by atoms with E-state index < -0.39 is 0 Å². The van der Waals surface area contributed by atoms with Crippen molar-refractivity contribution in [3.8, 4) is 0 Å². The Balaban J connectivity index is 2.27. The van der Waals surface area contributed by atoms with E-state index in [4.69, 9.17) is 0 Å². The molecule has 0 amide bonds. The molecule has 2 unspecified atom stereocenters. The number of hydrogen-bond acceptors (Lipinski definition) is 0. The summed E-state index contributed by atoms with van der Waals surface area (Å²) in [6.07, 6.45) is 11.0. The predicted molar refractivity (Wildman–Crippen MR) is 43.7 cm³/mol. The van der Waals surface area contributed by atoms with Crippen molar-refractivity contribution in [2.75, 3.05) is 0 Å². The molecule has 0 spiro atoms. The molecule has 54 valence electrons. The van der Waals surface area contributed by atoms with Crippen molar-refractivity contribution < 1.29 is 0 Å². The molecule has 10 heavy (non-hydrogen) atoms. The maximum atomic E-state index is 2.35. The molecule has 0 aromatic heterocycles. The molecular weight excluding hydrogens is 120 g/mol. The lowest BCUT2D eigenvalue weighted by Crippen LogP contribution is -1.92. The second-order valence-corrected chi connectivity index (χ2v) is 3.61. The highest BCUT2D eigenvalue weighted by Gasteiger charge is 2.25. The van der Waals surface area contributed by atoms with Crippen LogP contribution >= 0.6 is 0 Å². The van der Waals surface area contributed by atoms with Crippen LogP contribution in [-0.2, 0) is 0 Å². The summed E-state index contributed by atoms with van der Waals surface area (Å²) in [5.74, 6) is 1.84. The lowest BCUT2D eigenvalue weighted by molar-refractivity contribution is 0.523. The van der Waals surface area contributed by atoms with E-state index in [1.54, 1.807) is 5.57 Å². The fraction of sp³-hybridized carbons (Fsp3) is 0.600. The first kappa shape index (κ1) is 6.21. The molecular formula is C10H14. The molecule has 0 radical (unpaired) electrons. The van der Waals surface area contributed by atoms with Crippen LogP contribution in [-0.4, -0.2) is 0 Å². The second kappa shape index (κ2) is 2.26. The fourth-order valence-electron chi connectivity index (χ4n) is 2.14. The average Bonchev–Trinajstić information content (AvgIpc) is 2.18. The van der Waals surface area contributed by atoms with Gasteiger partial charge in [0.05, 0.1) is 0 Å². The quantitative estimate of drug-likeness (QED) is 0.478. The molecule has 0 heterocycles. The van der Waals surface area contributed by atoms with Gasteiger partial charge in [-0.2, -0.15) is 0 Å². The standard InChI is InChI=1S/C10H14/c1-8-6-9-4-2-3-5-10(8)7-9/h2-3,5,8-9H,4,6-7H2,1H3. The molecule has 2 atom stereocenters. The lowest BCUT2D eigenvalue weighted by atomic mass is 10.0. The smallest absolute Gasteiger partial charge is 0.0226 e. The number of allylic oxidation sites excluding steroid dienone is 4. The van der Waals surface area contributed by atoms with Crippen LogP contribution in [0, 0.1) is 11.8 Å². The van der Waals surface area contributed by atoms with Crippen LogP contribution in [0.25, 0.3) is 0 Å². The zero-order chi connectivity index (χ0) is 6.97. The zero-order valence-electron chi connectivity index (χ0n) is 6.51. The molecule has 0 N–H and O–H groups in total. The first-order valence-electron chi connectivity index (χ1n) is 4.22. The summed E-state index contributed by atoms with van der Waals surface area (Å²) in [5, 5.41) is 0. The van der Waals surface area contributed by atoms with Gasteiger partial charge in [0.1, 0.15) is 0 Å². The van der Waals surface area contributed by atoms with Gasteiger partial charge in [-0.3, -0.25) is 0 Å². The number of fused-ring (bicyclic) bond motifs is 2. The highest BCUT2D eigenvalue weighted by atomic mass is 14.3. The van der Waals surface area contributed by atoms with Crippen LogP contribution in [0.4, 0.5) is 0 Å². The van der Waals surface area contributed by atoms with Crippen molar-refractivity contribution >= 4 is 0 Å². The van der Waals surface area contributed by atoms with Gasteiger partial charge in [0, 0.05) is 0 Å². The van der Waals surface area contributed by atoms with Gasteiger partial charge >= 0.3 is 0 Å². The zero-order valence-corrected chi connectivity index (χ0v) is 6.51. The molecule has 0 heteroatoms. The van der Waals surface area contributed by atoms with Gasteiger partial charge < -0.3 is 0 Å². The fourth-order valence-corrected chi connectivity index (χ4v) is 2.14. The van der Waals surface area contributed by atoms with E-state index >= 15 is 0 Å². The summed E-state index contributed by atoms with van der Waals surface area (Å²) in [4.78, 5) is 0. The van der Waals surface area contributed by atoms with E-state index in [1.807, 2.05) is 0 Å². The van der Waals surface area contributed by atoms with Crippen LogP contribution in [0.3, 0.4) is 0 Å². The molecule has 0 aliphatic heterocycles. The lowest BCUT2D eigenvalue weighted by Gasteiger charge is -2.04. The molecule has 2 rings (SSSR count). The van der Waals surface area contributed by atoms with Crippen LogP contribution in [0.1, 0.15) is 26.2 Å². The molecule has 2 bridgehead atoms. The minimum absolute atomic E-state index is 0.870. The Morgan fingerprint density at radius 3 is 3.30 bits per heavy atom. The predicted octanol–water partition coefficient (Wildman–Crippen LogP) is 2.92. The van der Waals surface area contributed by atoms with Crippen LogP contribution in [0.15, 0.2) is 23.8 Å². The van der Waals surface area contributed by atoms with Gasteiger partial charge in [0.2, 0.25) is 0 Å². The molecule has 0 aromatic carbocycles. The topological polar surface area (TPSA) is 0 Å². The maximum absolute atomic E-state index is 2.35. The summed E-state index contributed by atoms with van der Waals surface area (Å²) in [7, 11) is 0. The van der Waals surface area contributed by atoms with Crippen LogP contribution < -0.4 is 0 Å². The third-order valence-electron chi connectivity index (χ3n) is 2.76. The average molecular weight is 134 g/mol. The minimum atomic E-state index is 0.870. The van der Waals surface area contributed by atoms with E-state index in [-0.39, 0.29) is 0 Å². The Kier molecular flexibility index (Phi) is 1.40. The van der Waals surface area contributed by atoms with Crippen LogP contribution in [0.2, 0.25) is 0 Å². The molecule has 2 aliphatic rings. The van der Waals surface area contributed by atoms with Crippen molar-refractivity contribution in [1.82, 2.24) is 0 Å².